The van der Waals surface area contributed by atoms with Gasteiger partial charge in [-0.05, 0) is 48.2 Å². The number of hydrogen-bond donors (Lipinski definition) is 0. The Morgan fingerprint density at radius 3 is 2.60 bits per heavy atom. The zero-order chi connectivity index (χ0) is 21.3. The summed E-state index contributed by atoms with van der Waals surface area (Å²) < 4.78 is 16.7. The van der Waals surface area contributed by atoms with Crippen LogP contribution in [0.3, 0.4) is 0 Å². The van der Waals surface area contributed by atoms with Gasteiger partial charge in [-0.15, -0.1) is 0 Å². The minimum Gasteiger partial charge on any atom is -0.463 e. The number of carbonyl (C=O) groups is 3. The molecule has 1 aromatic carbocycles. The van der Waals surface area contributed by atoms with E-state index in [1.165, 1.54) is 25.3 Å². The number of rotatable bonds is 5. The average molecular weight is 488 g/mol. The predicted octanol–water partition coefficient (Wildman–Crippen LogP) is 5.33. The van der Waals surface area contributed by atoms with Gasteiger partial charge >= 0.3 is 5.97 Å². The molecule has 1 saturated heterocycles. The quantitative estimate of drug-likeness (QED) is 0.355. The van der Waals surface area contributed by atoms with E-state index in [-0.39, 0.29) is 17.2 Å². The van der Waals surface area contributed by atoms with Crippen molar-refractivity contribution in [1.29, 1.82) is 0 Å². The summed E-state index contributed by atoms with van der Waals surface area (Å²) >= 11 is 4.21. The molecule has 0 saturated carbocycles. The van der Waals surface area contributed by atoms with Crippen LogP contribution < -0.4 is 0 Å². The molecule has 4 rings (SSSR count). The third-order valence-corrected chi connectivity index (χ3v) is 5.70. The number of halogens is 1. The number of ether oxygens (including phenoxy) is 1. The lowest BCUT2D eigenvalue weighted by Crippen LogP contribution is -2.27. The Hall–Kier alpha value is -3.04. The molecule has 0 radical (unpaired) electrons. The highest BCUT2D eigenvalue weighted by atomic mass is 79.9. The lowest BCUT2D eigenvalue weighted by molar-refractivity contribution is -0.123. The van der Waals surface area contributed by atoms with E-state index < -0.39 is 17.1 Å². The zero-order valence-electron chi connectivity index (χ0n) is 15.6. The first-order chi connectivity index (χ1) is 14.4. The average Bonchev–Trinajstić information content (AvgIpc) is 3.45. The summed E-state index contributed by atoms with van der Waals surface area (Å²) in [6, 6.07) is 14.1. The van der Waals surface area contributed by atoms with Crippen molar-refractivity contribution in [2.24, 2.45) is 0 Å². The van der Waals surface area contributed by atoms with Gasteiger partial charge in [-0.2, -0.15) is 0 Å². The molecule has 1 fully saturated rings. The molecule has 0 N–H and O–H groups in total. The topological polar surface area (TPSA) is 90.0 Å². The van der Waals surface area contributed by atoms with Crippen LogP contribution in [0, 0.1) is 0 Å². The Balaban J connectivity index is 1.50. The van der Waals surface area contributed by atoms with E-state index in [0.717, 1.165) is 26.7 Å². The van der Waals surface area contributed by atoms with E-state index >= 15 is 0 Å². The van der Waals surface area contributed by atoms with Crippen LogP contribution in [-0.2, 0) is 16.1 Å². The molecule has 7 nitrogen and oxygen atoms in total. The normalized spacial score (nSPS) is 15.3. The van der Waals surface area contributed by atoms with E-state index in [1.807, 2.05) is 24.3 Å². The smallest absolute Gasteiger partial charge is 0.373 e. The molecule has 0 bridgehead atoms. The Bertz CT molecular complexity index is 1160. The zero-order valence-corrected chi connectivity index (χ0v) is 18.0. The van der Waals surface area contributed by atoms with Crippen molar-refractivity contribution in [2.75, 3.05) is 7.11 Å². The van der Waals surface area contributed by atoms with Crippen molar-refractivity contribution in [3.05, 3.63) is 75.2 Å². The summed E-state index contributed by atoms with van der Waals surface area (Å²) in [6.45, 7) is -0.0820. The van der Waals surface area contributed by atoms with Crippen molar-refractivity contribution in [3.8, 4) is 11.3 Å². The molecule has 152 valence electrons. The first-order valence-corrected chi connectivity index (χ1v) is 10.3. The maximum atomic E-state index is 12.7. The number of methoxy groups -OCH3 is 1. The molecule has 0 atom stereocenters. The molecule has 9 heteroatoms. The number of furan rings is 2. The monoisotopic (exact) mass is 487 g/mol. The summed E-state index contributed by atoms with van der Waals surface area (Å²) in [4.78, 5) is 37.8. The second-order valence-electron chi connectivity index (χ2n) is 6.23. The number of hydrogen-bond acceptors (Lipinski definition) is 7. The Morgan fingerprint density at radius 1 is 1.10 bits per heavy atom. The van der Waals surface area contributed by atoms with Crippen LogP contribution in [0.4, 0.5) is 4.79 Å². The van der Waals surface area contributed by atoms with Crippen LogP contribution in [-0.4, -0.2) is 29.1 Å². The molecule has 1 aliphatic heterocycles. The lowest BCUT2D eigenvalue weighted by atomic mass is 10.2. The first-order valence-electron chi connectivity index (χ1n) is 8.73. The first kappa shape index (κ1) is 20.2. The van der Waals surface area contributed by atoms with Gasteiger partial charge in [0.15, 0.2) is 0 Å². The minimum atomic E-state index is -0.630. The van der Waals surface area contributed by atoms with Gasteiger partial charge in [0.25, 0.3) is 11.1 Å². The van der Waals surface area contributed by atoms with Gasteiger partial charge in [-0.3, -0.25) is 14.5 Å². The van der Waals surface area contributed by atoms with Crippen molar-refractivity contribution in [1.82, 2.24) is 4.90 Å². The summed E-state index contributed by atoms with van der Waals surface area (Å²) in [5.41, 5.74) is 0.894. The number of amides is 2. The SMILES string of the molecule is COC(=O)c1ccc(CN2C(=O)SC(=Cc3ccc(-c4ccc(Br)cc4)o3)C2=O)o1. The number of benzene rings is 1. The molecular weight excluding hydrogens is 474 g/mol. The standard InChI is InChI=1S/C21H14BrNO6S/c1-27-20(25)17-9-7-15(29-17)11-23-19(24)18(30-21(23)26)10-14-6-8-16(28-14)12-2-4-13(22)5-3-12/h2-10H,11H2,1H3. The van der Waals surface area contributed by atoms with Gasteiger partial charge in [0.1, 0.15) is 17.3 Å². The van der Waals surface area contributed by atoms with Crippen LogP contribution in [0.25, 0.3) is 17.4 Å². The highest BCUT2D eigenvalue weighted by Gasteiger charge is 2.36. The summed E-state index contributed by atoms with van der Waals surface area (Å²) in [5.74, 6) is 0.334. The largest absolute Gasteiger partial charge is 0.463 e. The summed E-state index contributed by atoms with van der Waals surface area (Å²) in [5, 5.41) is -0.429. The third kappa shape index (κ3) is 4.12. The van der Waals surface area contributed by atoms with Gasteiger partial charge < -0.3 is 13.6 Å². The maximum Gasteiger partial charge on any atom is 0.373 e. The van der Waals surface area contributed by atoms with Crippen molar-refractivity contribution in [2.45, 2.75) is 6.54 Å². The van der Waals surface area contributed by atoms with Crippen LogP contribution in [0.2, 0.25) is 0 Å². The molecule has 1 aliphatic rings. The number of imide groups is 1. The van der Waals surface area contributed by atoms with Gasteiger partial charge in [0.05, 0.1) is 18.6 Å². The van der Waals surface area contributed by atoms with Crippen LogP contribution >= 0.6 is 27.7 Å². The van der Waals surface area contributed by atoms with Crippen molar-refractivity contribution < 1.29 is 28.0 Å². The predicted molar refractivity (Wildman–Crippen MR) is 113 cm³/mol. The number of carbonyl (C=O) groups excluding carboxylic acids is 3. The van der Waals surface area contributed by atoms with Crippen LogP contribution in [0.1, 0.15) is 22.1 Å². The van der Waals surface area contributed by atoms with E-state index in [4.69, 9.17) is 8.83 Å². The highest BCUT2D eigenvalue weighted by molar-refractivity contribution is 9.10. The van der Waals surface area contributed by atoms with Crippen LogP contribution in [0.15, 0.2) is 66.7 Å². The molecule has 2 amide bonds. The molecule has 0 aliphatic carbocycles. The Kier molecular flexibility index (Phi) is 5.65. The molecule has 0 spiro atoms. The molecule has 3 heterocycles. The minimum absolute atomic E-state index is 0.00562. The maximum absolute atomic E-state index is 12.7. The third-order valence-electron chi connectivity index (χ3n) is 4.26. The Morgan fingerprint density at radius 2 is 1.87 bits per heavy atom. The fraction of sp³-hybridized carbons (Fsp3) is 0.0952. The van der Waals surface area contributed by atoms with E-state index in [1.54, 1.807) is 12.1 Å². The summed E-state index contributed by atoms with van der Waals surface area (Å²) in [7, 11) is 1.24. The molecule has 3 aromatic rings. The van der Waals surface area contributed by atoms with E-state index in [2.05, 4.69) is 20.7 Å². The van der Waals surface area contributed by atoms with Crippen LogP contribution in [0.5, 0.6) is 0 Å². The number of thioether (sulfide) groups is 1. The molecular formula is C21H14BrNO6S. The van der Waals surface area contributed by atoms with Gasteiger partial charge in [0, 0.05) is 16.1 Å². The van der Waals surface area contributed by atoms with Gasteiger partial charge in [0.2, 0.25) is 5.76 Å². The second kappa shape index (κ2) is 8.37. The van der Waals surface area contributed by atoms with Crippen molar-refractivity contribution in [3.63, 3.8) is 0 Å². The van der Waals surface area contributed by atoms with Gasteiger partial charge in [-0.1, -0.05) is 28.1 Å². The van der Waals surface area contributed by atoms with E-state index in [9.17, 15) is 14.4 Å². The van der Waals surface area contributed by atoms with Crippen molar-refractivity contribution >= 4 is 50.9 Å². The fourth-order valence-electron chi connectivity index (χ4n) is 2.79. The second-order valence-corrected chi connectivity index (χ2v) is 8.14. The molecule has 30 heavy (non-hydrogen) atoms. The Labute approximate surface area is 183 Å². The molecule has 0 unspecified atom stereocenters. The van der Waals surface area contributed by atoms with E-state index in [0.29, 0.717) is 17.3 Å². The lowest BCUT2D eigenvalue weighted by Gasteiger charge is -2.09. The summed E-state index contributed by atoms with van der Waals surface area (Å²) in [6.07, 6.45) is 1.54. The number of nitrogens with zero attached hydrogens (tertiary/aromatic N) is 1. The molecule has 2 aromatic heterocycles. The van der Waals surface area contributed by atoms with Gasteiger partial charge in [-0.25, -0.2) is 4.79 Å². The number of esters is 1. The fourth-order valence-corrected chi connectivity index (χ4v) is 3.88. The highest BCUT2D eigenvalue weighted by Crippen LogP contribution is 2.34.